The molecule has 0 aliphatic carbocycles. The van der Waals surface area contributed by atoms with E-state index in [4.69, 9.17) is 0 Å². The van der Waals surface area contributed by atoms with Crippen LogP contribution in [0, 0.1) is 0 Å². The average molecular weight is 374 g/mol. The number of aryl methyl sites for hydroxylation is 1. The predicted molar refractivity (Wildman–Crippen MR) is 94.9 cm³/mol. The van der Waals surface area contributed by atoms with Crippen LogP contribution in [0.3, 0.4) is 0 Å². The van der Waals surface area contributed by atoms with Crippen molar-refractivity contribution >= 4 is 11.6 Å². The van der Waals surface area contributed by atoms with Gasteiger partial charge in [0.15, 0.2) is 5.82 Å². The van der Waals surface area contributed by atoms with E-state index in [0.29, 0.717) is 17.1 Å². The van der Waals surface area contributed by atoms with Crippen LogP contribution in [0.2, 0.25) is 0 Å². The third-order valence-corrected chi connectivity index (χ3v) is 3.84. The summed E-state index contributed by atoms with van der Waals surface area (Å²) in [5, 5.41) is 6.90. The summed E-state index contributed by atoms with van der Waals surface area (Å²) < 4.78 is 38.8. The molecule has 0 bridgehead atoms. The number of carbonyl (C=O) groups is 1. The molecule has 0 saturated carbocycles. The highest BCUT2D eigenvalue weighted by atomic mass is 19.4. The van der Waals surface area contributed by atoms with Gasteiger partial charge in [-0.3, -0.25) is 4.79 Å². The average Bonchev–Trinajstić information content (AvgIpc) is 3.09. The lowest BCUT2D eigenvalue weighted by Gasteiger charge is -2.12. The van der Waals surface area contributed by atoms with Gasteiger partial charge in [0.2, 0.25) is 5.91 Å². The van der Waals surface area contributed by atoms with E-state index in [0.717, 1.165) is 5.56 Å². The minimum absolute atomic E-state index is 0.0898. The number of hydrogen-bond donors (Lipinski definition) is 1. The zero-order chi connectivity index (χ0) is 19.3. The van der Waals surface area contributed by atoms with Crippen LogP contribution >= 0.6 is 0 Å². The molecule has 0 aliphatic heterocycles. The predicted octanol–water partition coefficient (Wildman–Crippen LogP) is 4.08. The molecule has 27 heavy (non-hydrogen) atoms. The monoisotopic (exact) mass is 374 g/mol. The molecule has 1 heterocycles. The van der Waals surface area contributed by atoms with Crippen molar-refractivity contribution in [1.29, 1.82) is 0 Å². The zero-order valence-corrected chi connectivity index (χ0v) is 14.3. The number of nitrogens with zero attached hydrogens (tertiary/aromatic N) is 3. The largest absolute Gasteiger partial charge is 0.389 e. The Kier molecular flexibility index (Phi) is 5.54. The number of para-hydroxylation sites is 1. The number of benzene rings is 2. The van der Waals surface area contributed by atoms with Gasteiger partial charge in [0.25, 0.3) is 0 Å². The van der Waals surface area contributed by atoms with Gasteiger partial charge in [-0.2, -0.15) is 18.3 Å². The van der Waals surface area contributed by atoms with Crippen molar-refractivity contribution in [3.8, 4) is 11.4 Å². The van der Waals surface area contributed by atoms with Gasteiger partial charge in [-0.1, -0.05) is 48.5 Å². The van der Waals surface area contributed by atoms with Crippen LogP contribution in [0.4, 0.5) is 18.9 Å². The van der Waals surface area contributed by atoms with E-state index in [-0.39, 0.29) is 18.9 Å². The van der Waals surface area contributed by atoms with Gasteiger partial charge in [-0.25, -0.2) is 9.67 Å². The standard InChI is InChI=1S/C19H17F3N4O/c20-19(21,22)11-10-14-6-4-5-9-16(14)24-17(27)12-26-13-23-18(25-26)15-7-2-1-3-8-15/h1-9,13H,10-12H2,(H,24,27). The molecular weight excluding hydrogens is 357 g/mol. The maximum atomic E-state index is 12.5. The Balaban J connectivity index is 1.64. The quantitative estimate of drug-likeness (QED) is 0.707. The lowest BCUT2D eigenvalue weighted by molar-refractivity contribution is -0.133. The number of amides is 1. The summed E-state index contributed by atoms with van der Waals surface area (Å²) in [6.45, 7) is -0.0898. The fourth-order valence-corrected chi connectivity index (χ4v) is 2.56. The van der Waals surface area contributed by atoms with Gasteiger partial charge in [0.1, 0.15) is 12.9 Å². The second-order valence-corrected chi connectivity index (χ2v) is 5.95. The summed E-state index contributed by atoms with van der Waals surface area (Å²) in [6, 6.07) is 15.8. The molecule has 2 aromatic carbocycles. The van der Waals surface area contributed by atoms with E-state index in [1.165, 1.54) is 11.0 Å². The van der Waals surface area contributed by atoms with Gasteiger partial charge in [0.05, 0.1) is 0 Å². The normalized spacial score (nSPS) is 11.4. The van der Waals surface area contributed by atoms with Crippen LogP contribution in [-0.4, -0.2) is 26.8 Å². The molecule has 5 nitrogen and oxygen atoms in total. The van der Waals surface area contributed by atoms with Crippen LogP contribution < -0.4 is 5.32 Å². The summed E-state index contributed by atoms with van der Waals surface area (Å²) >= 11 is 0. The molecule has 3 rings (SSSR count). The molecule has 0 radical (unpaired) electrons. The second-order valence-electron chi connectivity index (χ2n) is 5.95. The molecule has 0 unspecified atom stereocenters. The van der Waals surface area contributed by atoms with Gasteiger partial charge < -0.3 is 5.32 Å². The van der Waals surface area contributed by atoms with Crippen molar-refractivity contribution in [2.75, 3.05) is 5.32 Å². The van der Waals surface area contributed by atoms with Crippen LogP contribution in [0.1, 0.15) is 12.0 Å². The Labute approximate surface area is 153 Å². The molecule has 0 aliphatic rings. The molecule has 1 aromatic heterocycles. The molecule has 0 saturated heterocycles. The minimum atomic E-state index is -4.24. The molecule has 140 valence electrons. The Bertz CT molecular complexity index is 907. The third-order valence-electron chi connectivity index (χ3n) is 3.84. The van der Waals surface area contributed by atoms with Crippen molar-refractivity contribution in [2.45, 2.75) is 25.6 Å². The lowest BCUT2D eigenvalue weighted by Crippen LogP contribution is -2.20. The van der Waals surface area contributed by atoms with Crippen molar-refractivity contribution < 1.29 is 18.0 Å². The third kappa shape index (κ3) is 5.40. The van der Waals surface area contributed by atoms with Crippen LogP contribution in [0.15, 0.2) is 60.9 Å². The van der Waals surface area contributed by atoms with Gasteiger partial charge in [-0.05, 0) is 18.1 Å². The van der Waals surface area contributed by atoms with E-state index < -0.39 is 12.6 Å². The Morgan fingerprint density at radius 3 is 2.48 bits per heavy atom. The first kappa shape index (κ1) is 18.6. The SMILES string of the molecule is O=C(Cn1cnc(-c2ccccc2)n1)Nc1ccccc1CCC(F)(F)F. The second kappa shape index (κ2) is 8.03. The number of rotatable bonds is 6. The molecule has 0 spiro atoms. The molecule has 8 heteroatoms. The van der Waals surface area contributed by atoms with Gasteiger partial charge in [-0.15, -0.1) is 0 Å². The Morgan fingerprint density at radius 1 is 1.04 bits per heavy atom. The first-order valence-corrected chi connectivity index (χ1v) is 8.30. The number of hydrogen-bond acceptors (Lipinski definition) is 3. The number of anilines is 1. The topological polar surface area (TPSA) is 59.8 Å². The smallest absolute Gasteiger partial charge is 0.324 e. The van der Waals surface area contributed by atoms with Crippen molar-refractivity contribution in [2.24, 2.45) is 0 Å². The zero-order valence-electron chi connectivity index (χ0n) is 14.3. The molecule has 1 amide bonds. The van der Waals surface area contributed by atoms with Crippen LogP contribution in [0.25, 0.3) is 11.4 Å². The number of carbonyl (C=O) groups excluding carboxylic acids is 1. The van der Waals surface area contributed by atoms with Crippen LogP contribution in [-0.2, 0) is 17.8 Å². The molecule has 0 fully saturated rings. The van der Waals surface area contributed by atoms with Crippen molar-refractivity contribution in [1.82, 2.24) is 14.8 Å². The van der Waals surface area contributed by atoms with Gasteiger partial charge in [0, 0.05) is 17.7 Å². The fraction of sp³-hybridized carbons (Fsp3) is 0.211. The van der Waals surface area contributed by atoms with Gasteiger partial charge >= 0.3 is 6.18 Å². The summed E-state index contributed by atoms with van der Waals surface area (Å²) in [4.78, 5) is 16.4. The summed E-state index contributed by atoms with van der Waals surface area (Å²) in [5.74, 6) is 0.105. The summed E-state index contributed by atoms with van der Waals surface area (Å²) in [6.07, 6.45) is -3.94. The van der Waals surface area contributed by atoms with Crippen molar-refractivity contribution in [3.05, 3.63) is 66.5 Å². The Hall–Kier alpha value is -3.16. The maximum absolute atomic E-state index is 12.5. The highest BCUT2D eigenvalue weighted by Gasteiger charge is 2.27. The molecule has 1 N–H and O–H groups in total. The first-order chi connectivity index (χ1) is 12.9. The van der Waals surface area contributed by atoms with E-state index in [1.807, 2.05) is 30.3 Å². The summed E-state index contributed by atoms with van der Waals surface area (Å²) in [7, 11) is 0. The van der Waals surface area contributed by atoms with E-state index in [1.54, 1.807) is 24.3 Å². The number of alkyl halides is 3. The first-order valence-electron chi connectivity index (χ1n) is 8.30. The van der Waals surface area contributed by atoms with E-state index >= 15 is 0 Å². The number of nitrogens with one attached hydrogen (secondary N) is 1. The number of halogens is 3. The van der Waals surface area contributed by atoms with E-state index in [9.17, 15) is 18.0 Å². The van der Waals surface area contributed by atoms with Crippen molar-refractivity contribution in [3.63, 3.8) is 0 Å². The molecular formula is C19H17F3N4O. The summed E-state index contributed by atoms with van der Waals surface area (Å²) in [5.41, 5.74) is 1.64. The van der Waals surface area contributed by atoms with E-state index in [2.05, 4.69) is 15.4 Å². The molecule has 3 aromatic rings. The Morgan fingerprint density at radius 2 is 1.74 bits per heavy atom. The number of aromatic nitrogens is 3. The highest BCUT2D eigenvalue weighted by Crippen LogP contribution is 2.25. The van der Waals surface area contributed by atoms with Crippen LogP contribution in [0.5, 0.6) is 0 Å². The molecule has 0 atom stereocenters. The highest BCUT2D eigenvalue weighted by molar-refractivity contribution is 5.91. The fourth-order valence-electron chi connectivity index (χ4n) is 2.56. The minimum Gasteiger partial charge on any atom is -0.324 e. The lowest BCUT2D eigenvalue weighted by atomic mass is 10.1. The maximum Gasteiger partial charge on any atom is 0.389 e.